The predicted molar refractivity (Wildman–Crippen MR) is 64.1 cm³/mol. The van der Waals surface area contributed by atoms with Gasteiger partial charge in [-0.1, -0.05) is 0 Å². The molecule has 0 bridgehead atoms. The number of alkyl halides is 3. The minimum atomic E-state index is -4.70. The second-order valence-electron chi connectivity index (χ2n) is 4.19. The molecule has 0 saturated carbocycles. The molecule has 1 N–H and O–H groups in total. The van der Waals surface area contributed by atoms with Crippen LogP contribution in [0.25, 0.3) is 11.4 Å². The molecular weight excluding hydrogens is 292 g/mol. The molecule has 1 heterocycles. The number of carbonyl (C=O) groups is 1. The third-order valence-electron chi connectivity index (χ3n) is 2.74. The Labute approximate surface area is 116 Å². The van der Waals surface area contributed by atoms with Crippen molar-refractivity contribution in [3.05, 3.63) is 47.0 Å². The van der Waals surface area contributed by atoms with Crippen LogP contribution in [0.3, 0.4) is 0 Å². The topological polar surface area (TPSA) is 63.1 Å². The van der Waals surface area contributed by atoms with Gasteiger partial charge in [-0.25, -0.2) is 19.2 Å². The Morgan fingerprint density at radius 2 is 1.95 bits per heavy atom. The van der Waals surface area contributed by atoms with E-state index in [4.69, 9.17) is 5.11 Å². The number of carboxylic acid groups (broad SMARTS) is 1. The van der Waals surface area contributed by atoms with Gasteiger partial charge in [-0.05, 0) is 25.1 Å². The Kier molecular flexibility index (Phi) is 3.63. The Morgan fingerprint density at radius 3 is 2.48 bits per heavy atom. The summed E-state index contributed by atoms with van der Waals surface area (Å²) in [4.78, 5) is 18.1. The van der Waals surface area contributed by atoms with Gasteiger partial charge in [0.15, 0.2) is 5.82 Å². The van der Waals surface area contributed by atoms with E-state index in [0.717, 1.165) is 6.20 Å². The normalized spacial score (nSPS) is 11.5. The third kappa shape index (κ3) is 2.99. The molecule has 0 atom stereocenters. The van der Waals surface area contributed by atoms with Gasteiger partial charge >= 0.3 is 12.1 Å². The van der Waals surface area contributed by atoms with Crippen molar-refractivity contribution in [1.29, 1.82) is 0 Å². The summed E-state index contributed by atoms with van der Waals surface area (Å²) in [6.45, 7) is 1.32. The van der Waals surface area contributed by atoms with Gasteiger partial charge in [0, 0.05) is 11.8 Å². The molecule has 2 rings (SSSR count). The van der Waals surface area contributed by atoms with Crippen LogP contribution < -0.4 is 0 Å². The number of rotatable bonds is 2. The summed E-state index contributed by atoms with van der Waals surface area (Å²) in [7, 11) is 0. The molecule has 1 aromatic carbocycles. The largest absolute Gasteiger partial charge is 0.478 e. The van der Waals surface area contributed by atoms with Gasteiger partial charge in [0.05, 0.1) is 16.8 Å². The van der Waals surface area contributed by atoms with E-state index in [-0.39, 0.29) is 17.1 Å². The third-order valence-corrected chi connectivity index (χ3v) is 2.74. The highest BCUT2D eigenvalue weighted by Gasteiger charge is 2.34. The second kappa shape index (κ2) is 5.12. The summed E-state index contributed by atoms with van der Waals surface area (Å²) in [5.74, 6) is -2.56. The average Bonchev–Trinajstić information content (AvgIpc) is 2.36. The average molecular weight is 300 g/mol. The molecule has 0 aliphatic heterocycles. The van der Waals surface area contributed by atoms with Crippen molar-refractivity contribution in [1.82, 2.24) is 9.97 Å². The zero-order valence-electron chi connectivity index (χ0n) is 10.6. The molecule has 4 nitrogen and oxygen atoms in total. The lowest BCUT2D eigenvalue weighted by atomic mass is 10.1. The maximum Gasteiger partial charge on any atom is 0.417 e. The molecule has 8 heteroatoms. The van der Waals surface area contributed by atoms with Crippen LogP contribution in [0.4, 0.5) is 17.6 Å². The molecule has 0 amide bonds. The van der Waals surface area contributed by atoms with Crippen LogP contribution in [-0.4, -0.2) is 21.0 Å². The van der Waals surface area contributed by atoms with Crippen LogP contribution in [0.2, 0.25) is 0 Å². The van der Waals surface area contributed by atoms with E-state index in [9.17, 15) is 22.4 Å². The van der Waals surface area contributed by atoms with E-state index in [2.05, 4.69) is 9.97 Å². The molecule has 0 aliphatic rings. The first-order chi connectivity index (χ1) is 9.70. The highest BCUT2D eigenvalue weighted by molar-refractivity contribution is 5.88. The van der Waals surface area contributed by atoms with Crippen LogP contribution in [0.5, 0.6) is 0 Å². The number of halogens is 4. The van der Waals surface area contributed by atoms with Crippen LogP contribution in [0.1, 0.15) is 21.6 Å². The van der Waals surface area contributed by atoms with Gasteiger partial charge in [-0.15, -0.1) is 0 Å². The first kappa shape index (κ1) is 14.9. The van der Waals surface area contributed by atoms with Crippen LogP contribution in [0, 0.1) is 12.7 Å². The highest BCUT2D eigenvalue weighted by Crippen LogP contribution is 2.36. The summed E-state index contributed by atoms with van der Waals surface area (Å²) in [6.07, 6.45) is -3.81. The summed E-state index contributed by atoms with van der Waals surface area (Å²) in [6, 6.07) is 1.94. The highest BCUT2D eigenvalue weighted by atomic mass is 19.4. The van der Waals surface area contributed by atoms with Crippen molar-refractivity contribution in [2.45, 2.75) is 13.1 Å². The summed E-state index contributed by atoms with van der Waals surface area (Å²) in [5.41, 5.74) is -1.87. The van der Waals surface area contributed by atoms with Gasteiger partial charge in [0.1, 0.15) is 5.82 Å². The molecule has 0 fully saturated rings. The van der Waals surface area contributed by atoms with E-state index >= 15 is 0 Å². The van der Waals surface area contributed by atoms with Gasteiger partial charge in [0.2, 0.25) is 0 Å². The first-order valence-electron chi connectivity index (χ1n) is 5.64. The quantitative estimate of drug-likeness (QED) is 0.864. The Morgan fingerprint density at radius 1 is 1.29 bits per heavy atom. The summed E-state index contributed by atoms with van der Waals surface area (Å²) < 4.78 is 51.9. The number of hydrogen-bond acceptors (Lipinski definition) is 3. The number of hydrogen-bond donors (Lipinski definition) is 1. The number of aromatic carboxylic acids is 1. The lowest BCUT2D eigenvalue weighted by molar-refractivity contribution is -0.137. The fourth-order valence-corrected chi connectivity index (χ4v) is 1.76. The van der Waals surface area contributed by atoms with E-state index < -0.39 is 29.1 Å². The maximum absolute atomic E-state index is 13.2. The number of aromatic nitrogens is 2. The molecule has 0 saturated heterocycles. The van der Waals surface area contributed by atoms with Gasteiger partial charge in [0.25, 0.3) is 0 Å². The van der Waals surface area contributed by atoms with E-state index in [1.165, 1.54) is 6.92 Å². The van der Waals surface area contributed by atoms with E-state index in [0.29, 0.717) is 18.2 Å². The fraction of sp³-hybridized carbons (Fsp3) is 0.154. The predicted octanol–water partition coefficient (Wildman–Crippen LogP) is 3.31. The smallest absolute Gasteiger partial charge is 0.417 e. The minimum Gasteiger partial charge on any atom is -0.478 e. The van der Waals surface area contributed by atoms with Gasteiger partial charge in [-0.3, -0.25) is 0 Å². The molecule has 0 spiro atoms. The standard InChI is InChI=1S/C13H8F4N2O2/c1-6-9(12(20)21)5-18-11(19-6)8-4-7(14)2-3-10(8)13(15,16)17/h2-5H,1H3,(H,20,21). The molecule has 0 aliphatic carbocycles. The molecule has 1 aromatic heterocycles. The van der Waals surface area contributed by atoms with Gasteiger partial charge in [-0.2, -0.15) is 13.2 Å². The van der Waals surface area contributed by atoms with Crippen molar-refractivity contribution in [2.24, 2.45) is 0 Å². The maximum atomic E-state index is 13.2. The second-order valence-corrected chi connectivity index (χ2v) is 4.19. The fourth-order valence-electron chi connectivity index (χ4n) is 1.76. The van der Waals surface area contributed by atoms with Crippen molar-refractivity contribution in [3.63, 3.8) is 0 Å². The Balaban J connectivity index is 2.64. The molecule has 110 valence electrons. The summed E-state index contributed by atoms with van der Waals surface area (Å²) in [5, 5.41) is 8.84. The van der Waals surface area contributed by atoms with Crippen molar-refractivity contribution in [2.75, 3.05) is 0 Å². The Bertz CT molecular complexity index is 714. The number of benzene rings is 1. The van der Waals surface area contributed by atoms with Crippen LogP contribution >= 0.6 is 0 Å². The van der Waals surface area contributed by atoms with Crippen molar-refractivity contribution < 1.29 is 27.5 Å². The lowest BCUT2D eigenvalue weighted by Gasteiger charge is -2.12. The van der Waals surface area contributed by atoms with Crippen LogP contribution in [0.15, 0.2) is 24.4 Å². The molecule has 0 radical (unpaired) electrons. The Hall–Kier alpha value is -2.51. The lowest BCUT2D eigenvalue weighted by Crippen LogP contribution is -2.10. The van der Waals surface area contributed by atoms with E-state index in [1.54, 1.807) is 0 Å². The zero-order valence-corrected chi connectivity index (χ0v) is 10.6. The first-order valence-corrected chi connectivity index (χ1v) is 5.64. The number of carboxylic acids is 1. The minimum absolute atomic E-state index is 0.00937. The number of aryl methyl sites for hydroxylation is 1. The zero-order chi connectivity index (χ0) is 15.8. The SMILES string of the molecule is Cc1nc(-c2cc(F)ccc2C(F)(F)F)ncc1C(=O)O. The monoisotopic (exact) mass is 300 g/mol. The van der Waals surface area contributed by atoms with Gasteiger partial charge < -0.3 is 5.11 Å². The van der Waals surface area contributed by atoms with Crippen LogP contribution in [-0.2, 0) is 6.18 Å². The van der Waals surface area contributed by atoms with Crippen molar-refractivity contribution >= 4 is 5.97 Å². The molecule has 21 heavy (non-hydrogen) atoms. The number of nitrogens with zero attached hydrogens (tertiary/aromatic N) is 2. The van der Waals surface area contributed by atoms with E-state index in [1.807, 2.05) is 0 Å². The van der Waals surface area contributed by atoms with Crippen molar-refractivity contribution in [3.8, 4) is 11.4 Å². The summed E-state index contributed by atoms with van der Waals surface area (Å²) >= 11 is 0. The molecule has 0 unspecified atom stereocenters. The molecule has 2 aromatic rings. The molecular formula is C13H8F4N2O2.